The first-order valence-electron chi connectivity index (χ1n) is 23.7. The monoisotopic (exact) mass is 832 g/mol. The molecular weight excluding hydrogens is 741 g/mol. The quantitative estimate of drug-likeness (QED) is 0.0234. The maximum Gasteiger partial charge on any atom is 0.472 e. The van der Waals surface area contributed by atoms with E-state index in [2.05, 4.69) is 26.0 Å². The standard InChI is InChI=1S/C46H90NO9P/c1-3-5-7-9-11-13-15-17-19-20-21-22-23-24-25-26-28-30-32-34-36-38-45(48)56-43(41-54-57(51,52)55-42-44(47)46(49)50)40-53-39-37-35-33-31-29-27-18-16-14-12-10-8-6-4-2/h20-21,43-44H,3-19,22-42,47H2,1-2H3,(H,49,50)(H,51,52)/b21-20-. The molecule has 0 fully saturated rings. The van der Waals surface area contributed by atoms with Gasteiger partial charge in [0.05, 0.1) is 19.8 Å². The van der Waals surface area contributed by atoms with Gasteiger partial charge in [-0.25, -0.2) is 4.57 Å². The van der Waals surface area contributed by atoms with Crippen molar-refractivity contribution < 1.29 is 42.7 Å². The molecule has 11 heteroatoms. The van der Waals surface area contributed by atoms with Crippen molar-refractivity contribution in [1.82, 2.24) is 0 Å². The second-order valence-corrected chi connectivity index (χ2v) is 17.7. The number of esters is 1. The lowest BCUT2D eigenvalue weighted by atomic mass is 10.0. The minimum absolute atomic E-state index is 0.0222. The average Bonchev–Trinajstić information content (AvgIpc) is 3.19. The Morgan fingerprint density at radius 3 is 1.33 bits per heavy atom. The van der Waals surface area contributed by atoms with Gasteiger partial charge in [0.1, 0.15) is 12.1 Å². The Morgan fingerprint density at radius 2 is 0.912 bits per heavy atom. The van der Waals surface area contributed by atoms with E-state index in [1.165, 1.54) is 167 Å². The molecule has 57 heavy (non-hydrogen) atoms. The first-order valence-corrected chi connectivity index (χ1v) is 25.2. The summed E-state index contributed by atoms with van der Waals surface area (Å²) < 4.78 is 33.4. The van der Waals surface area contributed by atoms with Gasteiger partial charge in [-0.05, 0) is 38.5 Å². The Balaban J connectivity index is 4.13. The molecule has 0 amide bonds. The van der Waals surface area contributed by atoms with E-state index in [1.54, 1.807) is 0 Å². The summed E-state index contributed by atoms with van der Waals surface area (Å²) in [6.45, 7) is 3.92. The molecule has 338 valence electrons. The van der Waals surface area contributed by atoms with Gasteiger partial charge in [-0.15, -0.1) is 0 Å². The number of hydrogen-bond acceptors (Lipinski definition) is 8. The summed E-state index contributed by atoms with van der Waals surface area (Å²) in [5.74, 6) is -1.77. The Hall–Kier alpha value is -1.29. The summed E-state index contributed by atoms with van der Waals surface area (Å²) in [7, 11) is -4.61. The number of carbonyl (C=O) groups is 2. The summed E-state index contributed by atoms with van der Waals surface area (Å²) in [6.07, 6.45) is 45.5. The molecule has 0 saturated heterocycles. The molecular formula is C46H90NO9P. The first-order chi connectivity index (χ1) is 27.7. The number of ether oxygens (including phenoxy) is 2. The van der Waals surface area contributed by atoms with Crippen molar-refractivity contribution >= 4 is 19.8 Å². The fraction of sp³-hybridized carbons (Fsp3) is 0.913. The van der Waals surface area contributed by atoms with Gasteiger partial charge in [-0.3, -0.25) is 18.6 Å². The Bertz CT molecular complexity index is 966. The highest BCUT2D eigenvalue weighted by atomic mass is 31.2. The Morgan fingerprint density at radius 1 is 0.544 bits per heavy atom. The SMILES string of the molecule is CCCCCCCCCC/C=C\CCCCCCCCCCCC(=O)OC(COCCCCCCCCCCCCCCCC)COP(=O)(O)OCC(N)C(=O)O. The van der Waals surface area contributed by atoms with Crippen LogP contribution in [0.15, 0.2) is 12.2 Å². The molecule has 10 nitrogen and oxygen atoms in total. The van der Waals surface area contributed by atoms with E-state index < -0.39 is 45.1 Å². The fourth-order valence-electron chi connectivity index (χ4n) is 6.84. The third-order valence-corrected chi connectivity index (χ3v) is 11.5. The molecule has 3 atom stereocenters. The number of unbranched alkanes of at least 4 members (excludes halogenated alkanes) is 30. The molecule has 0 spiro atoms. The lowest BCUT2D eigenvalue weighted by Crippen LogP contribution is -2.34. The van der Waals surface area contributed by atoms with Gasteiger partial charge in [0.2, 0.25) is 0 Å². The number of phosphoric ester groups is 1. The number of phosphoric acid groups is 1. The molecule has 0 aliphatic carbocycles. The molecule has 0 aromatic rings. The number of carboxylic acids is 1. The van der Waals surface area contributed by atoms with E-state index in [1.807, 2.05) is 0 Å². The van der Waals surface area contributed by atoms with E-state index in [0.29, 0.717) is 13.0 Å². The molecule has 0 aromatic heterocycles. The molecule has 0 saturated carbocycles. The second-order valence-electron chi connectivity index (χ2n) is 16.2. The van der Waals surface area contributed by atoms with E-state index >= 15 is 0 Å². The van der Waals surface area contributed by atoms with Crippen molar-refractivity contribution in [3.05, 3.63) is 12.2 Å². The van der Waals surface area contributed by atoms with Gasteiger partial charge in [-0.2, -0.15) is 0 Å². The molecule has 0 heterocycles. The van der Waals surface area contributed by atoms with Crippen molar-refractivity contribution in [2.24, 2.45) is 5.73 Å². The molecule has 0 bridgehead atoms. The zero-order chi connectivity index (χ0) is 41.9. The summed E-state index contributed by atoms with van der Waals surface area (Å²) in [5.41, 5.74) is 5.36. The van der Waals surface area contributed by atoms with Crippen molar-refractivity contribution in [2.45, 2.75) is 244 Å². The molecule has 0 aliphatic heterocycles. The van der Waals surface area contributed by atoms with Crippen LogP contribution in [0.2, 0.25) is 0 Å². The minimum atomic E-state index is -4.61. The van der Waals surface area contributed by atoms with Crippen molar-refractivity contribution in [2.75, 3.05) is 26.4 Å². The summed E-state index contributed by atoms with van der Waals surface area (Å²) in [5, 5.41) is 8.90. The predicted molar refractivity (Wildman–Crippen MR) is 236 cm³/mol. The number of rotatable bonds is 46. The number of hydrogen-bond donors (Lipinski definition) is 3. The van der Waals surface area contributed by atoms with Crippen LogP contribution in [0.25, 0.3) is 0 Å². The fourth-order valence-corrected chi connectivity index (χ4v) is 7.61. The van der Waals surface area contributed by atoms with Crippen LogP contribution in [0.1, 0.15) is 232 Å². The van der Waals surface area contributed by atoms with Crippen LogP contribution in [0.3, 0.4) is 0 Å². The molecule has 4 N–H and O–H groups in total. The Labute approximate surface area is 350 Å². The van der Waals surface area contributed by atoms with Gasteiger partial charge in [0.15, 0.2) is 0 Å². The van der Waals surface area contributed by atoms with Crippen molar-refractivity contribution in [1.29, 1.82) is 0 Å². The normalized spacial score (nSPS) is 13.9. The van der Waals surface area contributed by atoms with E-state index in [0.717, 1.165) is 38.5 Å². The minimum Gasteiger partial charge on any atom is -0.480 e. The molecule has 0 aromatic carbocycles. The third kappa shape index (κ3) is 42.6. The van der Waals surface area contributed by atoms with Gasteiger partial charge in [0, 0.05) is 13.0 Å². The maximum atomic E-state index is 12.7. The van der Waals surface area contributed by atoms with Gasteiger partial charge >= 0.3 is 19.8 Å². The molecule has 0 aliphatic rings. The van der Waals surface area contributed by atoms with Crippen molar-refractivity contribution in [3.8, 4) is 0 Å². The zero-order valence-electron chi connectivity index (χ0n) is 37.0. The molecule has 3 unspecified atom stereocenters. The average molecular weight is 832 g/mol. The third-order valence-electron chi connectivity index (χ3n) is 10.5. The van der Waals surface area contributed by atoms with Crippen LogP contribution in [0, 0.1) is 0 Å². The van der Waals surface area contributed by atoms with Crippen LogP contribution >= 0.6 is 7.82 Å². The topological polar surface area (TPSA) is 155 Å². The molecule has 0 rings (SSSR count). The van der Waals surface area contributed by atoms with E-state index in [-0.39, 0.29) is 13.0 Å². The van der Waals surface area contributed by atoms with Gasteiger partial charge in [-0.1, -0.05) is 199 Å². The number of carboxylic acid groups (broad SMARTS) is 1. The van der Waals surface area contributed by atoms with Gasteiger partial charge in [0.25, 0.3) is 0 Å². The smallest absolute Gasteiger partial charge is 0.472 e. The number of carbonyl (C=O) groups excluding carboxylic acids is 1. The van der Waals surface area contributed by atoms with Crippen LogP contribution in [0.4, 0.5) is 0 Å². The van der Waals surface area contributed by atoms with Crippen molar-refractivity contribution in [3.63, 3.8) is 0 Å². The predicted octanol–water partition coefficient (Wildman–Crippen LogP) is 13.3. The van der Waals surface area contributed by atoms with Crippen LogP contribution < -0.4 is 5.73 Å². The highest BCUT2D eigenvalue weighted by Gasteiger charge is 2.27. The lowest BCUT2D eigenvalue weighted by molar-refractivity contribution is -0.154. The second kappa shape index (κ2) is 42.8. The number of aliphatic carboxylic acids is 1. The van der Waals surface area contributed by atoms with Crippen LogP contribution in [0.5, 0.6) is 0 Å². The lowest BCUT2D eigenvalue weighted by Gasteiger charge is -2.20. The number of allylic oxidation sites excluding steroid dienone is 2. The summed E-state index contributed by atoms with van der Waals surface area (Å²) >= 11 is 0. The highest BCUT2D eigenvalue weighted by Crippen LogP contribution is 2.43. The van der Waals surface area contributed by atoms with Gasteiger partial charge < -0.3 is 25.2 Å². The largest absolute Gasteiger partial charge is 0.480 e. The van der Waals surface area contributed by atoms with E-state index in [4.69, 9.17) is 29.4 Å². The summed E-state index contributed by atoms with van der Waals surface area (Å²) in [4.78, 5) is 33.6. The number of nitrogens with two attached hydrogens (primary N) is 1. The molecule has 0 radical (unpaired) electrons. The summed E-state index contributed by atoms with van der Waals surface area (Å²) in [6, 6.07) is -1.47. The Kier molecular flexibility index (Phi) is 41.9. The first kappa shape index (κ1) is 55.7. The maximum absolute atomic E-state index is 12.7. The van der Waals surface area contributed by atoms with E-state index in [9.17, 15) is 19.0 Å². The zero-order valence-corrected chi connectivity index (χ0v) is 37.9. The van der Waals surface area contributed by atoms with Crippen LogP contribution in [-0.2, 0) is 32.7 Å². The highest BCUT2D eigenvalue weighted by molar-refractivity contribution is 7.47. The van der Waals surface area contributed by atoms with Crippen LogP contribution in [-0.4, -0.2) is 60.5 Å².